The van der Waals surface area contributed by atoms with Gasteiger partial charge < -0.3 is 11.1 Å². The van der Waals surface area contributed by atoms with Gasteiger partial charge in [0.15, 0.2) is 0 Å². The van der Waals surface area contributed by atoms with Crippen LogP contribution in [0.2, 0.25) is 0 Å². The molecule has 0 aliphatic heterocycles. The van der Waals surface area contributed by atoms with Crippen LogP contribution in [0.25, 0.3) is 0 Å². The molecule has 1 aromatic rings. The van der Waals surface area contributed by atoms with Crippen molar-refractivity contribution in [3.8, 4) is 0 Å². The van der Waals surface area contributed by atoms with Crippen molar-refractivity contribution >= 4 is 33.1 Å². The van der Waals surface area contributed by atoms with Gasteiger partial charge in [0.05, 0.1) is 4.90 Å². The van der Waals surface area contributed by atoms with Crippen LogP contribution in [0.15, 0.2) is 29.2 Å². The monoisotopic (exact) mass is 301 g/mol. The molecule has 0 saturated heterocycles. The fourth-order valence-corrected chi connectivity index (χ4v) is 2.90. The molecular formula is C11H15N3O3S2. The molecule has 1 rings (SSSR count). The van der Waals surface area contributed by atoms with Crippen LogP contribution in [-0.4, -0.2) is 32.9 Å². The first-order chi connectivity index (χ1) is 8.88. The van der Waals surface area contributed by atoms with Crippen molar-refractivity contribution in [2.45, 2.75) is 11.3 Å². The Hall–Kier alpha value is -1.51. The second kappa shape index (κ2) is 6.60. The minimum absolute atomic E-state index is 0.00674. The Morgan fingerprint density at radius 1 is 1.37 bits per heavy atom. The van der Waals surface area contributed by atoms with Crippen molar-refractivity contribution < 1.29 is 13.2 Å². The summed E-state index contributed by atoms with van der Waals surface area (Å²) in [6, 6.07) is 6.18. The number of thiocarbonyl (C=S) groups is 1. The van der Waals surface area contributed by atoms with Gasteiger partial charge in [-0.3, -0.25) is 4.79 Å². The molecule has 0 radical (unpaired) electrons. The Balaban J connectivity index is 2.89. The highest BCUT2D eigenvalue weighted by molar-refractivity contribution is 7.89. The van der Waals surface area contributed by atoms with E-state index < -0.39 is 10.0 Å². The molecular weight excluding hydrogens is 286 g/mol. The summed E-state index contributed by atoms with van der Waals surface area (Å²) < 4.78 is 26.5. The molecule has 0 heterocycles. The van der Waals surface area contributed by atoms with Gasteiger partial charge in [-0.05, 0) is 6.07 Å². The van der Waals surface area contributed by atoms with E-state index >= 15 is 0 Å². The van der Waals surface area contributed by atoms with Crippen LogP contribution in [-0.2, 0) is 14.8 Å². The fraction of sp³-hybridized carbons (Fsp3) is 0.273. The van der Waals surface area contributed by atoms with Crippen molar-refractivity contribution in [2.75, 3.05) is 13.6 Å². The Labute approximate surface area is 117 Å². The maximum absolute atomic E-state index is 12.1. The van der Waals surface area contributed by atoms with E-state index in [9.17, 15) is 13.2 Å². The lowest BCUT2D eigenvalue weighted by Gasteiger charge is -2.10. The molecule has 19 heavy (non-hydrogen) atoms. The van der Waals surface area contributed by atoms with Crippen LogP contribution in [0.1, 0.15) is 12.0 Å². The number of carbonyl (C=O) groups is 1. The summed E-state index contributed by atoms with van der Waals surface area (Å²) in [6.07, 6.45) is 0.0605. The number of sulfonamides is 1. The minimum atomic E-state index is -3.74. The average molecular weight is 301 g/mol. The molecule has 0 aliphatic rings. The highest BCUT2D eigenvalue weighted by Crippen LogP contribution is 2.14. The van der Waals surface area contributed by atoms with Gasteiger partial charge in [-0.2, -0.15) is 0 Å². The summed E-state index contributed by atoms with van der Waals surface area (Å²) in [6.45, 7) is 0.00761. The summed E-state index contributed by atoms with van der Waals surface area (Å²) in [5.41, 5.74) is 5.77. The van der Waals surface area contributed by atoms with Gasteiger partial charge in [0.25, 0.3) is 0 Å². The van der Waals surface area contributed by atoms with E-state index in [-0.39, 0.29) is 34.3 Å². The molecule has 0 unspecified atom stereocenters. The predicted molar refractivity (Wildman–Crippen MR) is 76.2 cm³/mol. The van der Waals surface area contributed by atoms with Gasteiger partial charge >= 0.3 is 0 Å². The van der Waals surface area contributed by atoms with E-state index in [0.29, 0.717) is 0 Å². The smallest absolute Gasteiger partial charge is 0.241 e. The van der Waals surface area contributed by atoms with E-state index in [1.165, 1.54) is 19.2 Å². The lowest BCUT2D eigenvalue weighted by atomic mass is 10.2. The van der Waals surface area contributed by atoms with Crippen molar-refractivity contribution in [3.63, 3.8) is 0 Å². The van der Waals surface area contributed by atoms with Crippen LogP contribution in [0.4, 0.5) is 0 Å². The molecule has 0 bridgehead atoms. The first-order valence-corrected chi connectivity index (χ1v) is 7.36. The number of nitrogens with two attached hydrogens (primary N) is 1. The number of nitrogens with one attached hydrogen (secondary N) is 2. The standard InChI is InChI=1S/C11H15N3O3S2/c1-13-10(15)6-7-14-19(16,17)9-5-3-2-4-8(9)11(12)18/h2-5,14H,6-7H2,1H3,(H2,12,18)(H,13,15). The number of benzene rings is 1. The van der Waals surface area contributed by atoms with Gasteiger partial charge in [0.1, 0.15) is 4.99 Å². The predicted octanol–water partition coefficient (Wildman–Crippen LogP) is -0.265. The number of hydrogen-bond acceptors (Lipinski definition) is 4. The van der Waals surface area contributed by atoms with Gasteiger partial charge in [-0.25, -0.2) is 13.1 Å². The third kappa shape index (κ3) is 4.27. The second-order valence-electron chi connectivity index (χ2n) is 3.68. The molecule has 4 N–H and O–H groups in total. The topological polar surface area (TPSA) is 101 Å². The van der Waals surface area contributed by atoms with Crippen molar-refractivity contribution in [3.05, 3.63) is 29.8 Å². The van der Waals surface area contributed by atoms with Crippen LogP contribution in [0, 0.1) is 0 Å². The third-order valence-corrected chi connectivity index (χ3v) is 4.10. The lowest BCUT2D eigenvalue weighted by molar-refractivity contribution is -0.120. The number of carbonyl (C=O) groups excluding carboxylic acids is 1. The largest absolute Gasteiger partial charge is 0.389 e. The van der Waals surface area contributed by atoms with Crippen LogP contribution in [0.3, 0.4) is 0 Å². The Kier molecular flexibility index (Phi) is 5.40. The van der Waals surface area contributed by atoms with E-state index in [0.717, 1.165) is 0 Å². The normalized spacial score (nSPS) is 11.0. The van der Waals surface area contributed by atoms with Crippen LogP contribution in [0.5, 0.6) is 0 Å². The quantitative estimate of drug-likeness (QED) is 0.628. The summed E-state index contributed by atoms with van der Waals surface area (Å²) >= 11 is 4.81. The molecule has 0 fully saturated rings. The molecule has 8 heteroatoms. The highest BCUT2D eigenvalue weighted by atomic mass is 32.2. The third-order valence-electron chi connectivity index (χ3n) is 2.37. The van der Waals surface area contributed by atoms with Gasteiger partial charge in [0, 0.05) is 25.6 Å². The molecule has 0 saturated carbocycles. The lowest BCUT2D eigenvalue weighted by Crippen LogP contribution is -2.30. The maximum atomic E-state index is 12.1. The van der Waals surface area contributed by atoms with E-state index in [1.807, 2.05) is 0 Å². The maximum Gasteiger partial charge on any atom is 0.241 e. The number of hydrogen-bond donors (Lipinski definition) is 3. The molecule has 1 amide bonds. The van der Waals surface area contributed by atoms with Crippen molar-refractivity contribution in [1.82, 2.24) is 10.0 Å². The molecule has 1 aromatic carbocycles. The summed E-state index contributed by atoms with van der Waals surface area (Å²) in [5.74, 6) is -0.245. The van der Waals surface area contributed by atoms with Gasteiger partial charge in [0.2, 0.25) is 15.9 Å². The van der Waals surface area contributed by atoms with E-state index in [4.69, 9.17) is 18.0 Å². The molecule has 0 aromatic heterocycles. The minimum Gasteiger partial charge on any atom is -0.389 e. The van der Waals surface area contributed by atoms with Crippen LogP contribution >= 0.6 is 12.2 Å². The highest BCUT2D eigenvalue weighted by Gasteiger charge is 2.19. The zero-order valence-corrected chi connectivity index (χ0v) is 12.0. The molecule has 0 atom stereocenters. The number of rotatable bonds is 6. The van der Waals surface area contributed by atoms with Gasteiger partial charge in [-0.15, -0.1) is 0 Å². The average Bonchev–Trinajstić information content (AvgIpc) is 2.38. The summed E-state index contributed by atoms with van der Waals surface area (Å²) in [5, 5.41) is 2.41. The first kappa shape index (κ1) is 15.5. The zero-order chi connectivity index (χ0) is 14.5. The molecule has 0 spiro atoms. The Morgan fingerprint density at radius 3 is 2.58 bits per heavy atom. The van der Waals surface area contributed by atoms with Crippen LogP contribution < -0.4 is 15.8 Å². The molecule has 0 aliphatic carbocycles. The zero-order valence-electron chi connectivity index (χ0n) is 10.3. The second-order valence-corrected chi connectivity index (χ2v) is 5.86. The Morgan fingerprint density at radius 2 is 2.00 bits per heavy atom. The summed E-state index contributed by atoms with van der Waals surface area (Å²) in [4.78, 5) is 11.0. The first-order valence-electron chi connectivity index (χ1n) is 5.47. The van der Waals surface area contributed by atoms with E-state index in [2.05, 4.69) is 10.0 Å². The molecule has 6 nitrogen and oxygen atoms in total. The SMILES string of the molecule is CNC(=O)CCNS(=O)(=O)c1ccccc1C(N)=S. The fourth-order valence-electron chi connectivity index (χ4n) is 1.41. The van der Waals surface area contributed by atoms with Crippen molar-refractivity contribution in [1.29, 1.82) is 0 Å². The Bertz CT molecular complexity index is 585. The van der Waals surface area contributed by atoms with Gasteiger partial charge in [-0.1, -0.05) is 30.4 Å². The summed E-state index contributed by atoms with van der Waals surface area (Å²) in [7, 11) is -2.25. The van der Waals surface area contributed by atoms with E-state index in [1.54, 1.807) is 12.1 Å². The molecule has 104 valence electrons. The number of amides is 1. The van der Waals surface area contributed by atoms with Crippen molar-refractivity contribution in [2.24, 2.45) is 5.73 Å².